The SMILES string of the molecule is Fc1ccc(-c2nn(C(c3ccccc3)(c3ccccc3)c3ccccc3)cc2-c2cc(Cl)c3ncc(I)n3c2)cc1. The molecule has 7 rings (SSSR count). The van der Waals surface area contributed by atoms with E-state index in [1.807, 2.05) is 39.5 Å². The smallest absolute Gasteiger partial charge is 0.156 e. The van der Waals surface area contributed by atoms with Gasteiger partial charge in [-0.1, -0.05) is 103 Å². The molecule has 0 atom stereocenters. The normalized spacial score (nSPS) is 11.7. The van der Waals surface area contributed by atoms with Gasteiger partial charge in [-0.15, -0.1) is 0 Å². The first kappa shape index (κ1) is 26.6. The van der Waals surface area contributed by atoms with Crippen LogP contribution >= 0.6 is 34.2 Å². The Morgan fingerprint density at radius 2 is 1.24 bits per heavy atom. The van der Waals surface area contributed by atoms with Crippen molar-refractivity contribution in [1.29, 1.82) is 0 Å². The van der Waals surface area contributed by atoms with Gasteiger partial charge in [-0.3, -0.25) is 9.08 Å². The van der Waals surface area contributed by atoms with Gasteiger partial charge >= 0.3 is 0 Å². The Kier molecular flexibility index (Phi) is 6.88. The first-order valence-corrected chi connectivity index (χ1v) is 14.9. The Balaban J connectivity index is 1.59. The zero-order valence-corrected chi connectivity index (χ0v) is 25.1. The summed E-state index contributed by atoms with van der Waals surface area (Å²) in [4.78, 5) is 4.47. The Hall–Kier alpha value is -4.27. The quantitative estimate of drug-likeness (QED) is 0.130. The minimum Gasteiger partial charge on any atom is -0.293 e. The van der Waals surface area contributed by atoms with Crippen LogP contribution in [0.1, 0.15) is 16.7 Å². The maximum Gasteiger partial charge on any atom is 0.156 e. The van der Waals surface area contributed by atoms with Crippen molar-refractivity contribution in [2.24, 2.45) is 0 Å². The Morgan fingerprint density at radius 1 is 0.690 bits per heavy atom. The van der Waals surface area contributed by atoms with Gasteiger partial charge in [0, 0.05) is 29.1 Å². The predicted octanol–water partition coefficient (Wildman–Crippen LogP) is 9.10. The van der Waals surface area contributed by atoms with Crippen molar-refractivity contribution >= 4 is 39.8 Å². The van der Waals surface area contributed by atoms with Crippen molar-refractivity contribution in [3.63, 3.8) is 0 Å². The van der Waals surface area contributed by atoms with Crippen LogP contribution in [0.3, 0.4) is 0 Å². The molecule has 0 radical (unpaired) electrons. The van der Waals surface area contributed by atoms with Crippen LogP contribution in [0.15, 0.2) is 140 Å². The van der Waals surface area contributed by atoms with Crippen molar-refractivity contribution < 1.29 is 4.39 Å². The molecule has 42 heavy (non-hydrogen) atoms. The van der Waals surface area contributed by atoms with Crippen LogP contribution in [-0.2, 0) is 5.54 Å². The first-order chi connectivity index (χ1) is 20.6. The summed E-state index contributed by atoms with van der Waals surface area (Å²) in [6.45, 7) is 0. The Bertz CT molecular complexity index is 1910. The van der Waals surface area contributed by atoms with E-state index in [1.165, 1.54) is 12.1 Å². The molecule has 3 heterocycles. The van der Waals surface area contributed by atoms with E-state index >= 15 is 0 Å². The molecular weight excluding hydrogens is 658 g/mol. The number of hydrogen-bond acceptors (Lipinski definition) is 2. The van der Waals surface area contributed by atoms with Crippen molar-refractivity contribution in [2.45, 2.75) is 5.54 Å². The number of imidazole rings is 1. The topological polar surface area (TPSA) is 35.1 Å². The van der Waals surface area contributed by atoms with Gasteiger partial charge in [0.1, 0.15) is 20.8 Å². The van der Waals surface area contributed by atoms with Crippen molar-refractivity contribution in [3.05, 3.63) is 171 Å². The third kappa shape index (κ3) is 4.42. The molecule has 0 unspecified atom stereocenters. The number of rotatable bonds is 6. The van der Waals surface area contributed by atoms with Gasteiger partial charge in [0.2, 0.25) is 0 Å². The number of hydrogen-bond donors (Lipinski definition) is 0. The third-order valence-corrected chi connectivity index (χ3v) is 8.65. The minimum absolute atomic E-state index is 0.302. The van der Waals surface area contributed by atoms with E-state index in [-0.39, 0.29) is 5.82 Å². The summed E-state index contributed by atoms with van der Waals surface area (Å²) in [5, 5.41) is 5.87. The van der Waals surface area contributed by atoms with Crippen LogP contribution in [0, 0.1) is 9.52 Å². The summed E-state index contributed by atoms with van der Waals surface area (Å²) < 4.78 is 19.0. The third-order valence-electron chi connectivity index (χ3n) is 7.58. The number of nitrogens with zero attached hydrogens (tertiary/aromatic N) is 4. The second-order valence-corrected chi connectivity index (χ2v) is 11.5. The Morgan fingerprint density at radius 3 is 1.79 bits per heavy atom. The first-order valence-electron chi connectivity index (χ1n) is 13.4. The van der Waals surface area contributed by atoms with Gasteiger partial charge in [0.05, 0.1) is 11.2 Å². The fourth-order valence-corrected chi connectivity index (χ4v) is 6.44. The van der Waals surface area contributed by atoms with Gasteiger partial charge in [-0.2, -0.15) is 5.10 Å². The van der Waals surface area contributed by atoms with Crippen LogP contribution in [0.25, 0.3) is 28.0 Å². The summed E-state index contributed by atoms with van der Waals surface area (Å²) >= 11 is 9.02. The highest BCUT2D eigenvalue weighted by Crippen LogP contribution is 2.43. The molecule has 7 heteroatoms. The molecule has 0 N–H and O–H groups in total. The molecule has 0 fully saturated rings. The van der Waals surface area contributed by atoms with Crippen LogP contribution in [0.5, 0.6) is 0 Å². The lowest BCUT2D eigenvalue weighted by Crippen LogP contribution is -2.38. The lowest BCUT2D eigenvalue weighted by atomic mass is 9.77. The summed E-state index contributed by atoms with van der Waals surface area (Å²) in [6.07, 6.45) is 5.90. The molecule has 0 aliphatic rings. The predicted molar refractivity (Wildman–Crippen MR) is 174 cm³/mol. The number of fused-ring (bicyclic) bond motifs is 1. The van der Waals surface area contributed by atoms with Crippen LogP contribution in [0.2, 0.25) is 5.02 Å². The van der Waals surface area contributed by atoms with E-state index in [2.05, 4.69) is 107 Å². The van der Waals surface area contributed by atoms with Gasteiger partial charge in [-0.05, 0) is 69.6 Å². The lowest BCUT2D eigenvalue weighted by Gasteiger charge is -2.36. The highest BCUT2D eigenvalue weighted by Gasteiger charge is 2.40. The molecule has 4 nitrogen and oxygen atoms in total. The van der Waals surface area contributed by atoms with E-state index in [4.69, 9.17) is 16.7 Å². The molecule has 0 bridgehead atoms. The summed E-state index contributed by atoms with van der Waals surface area (Å²) in [5.41, 5.74) is 6.29. The van der Waals surface area contributed by atoms with E-state index in [0.717, 1.165) is 37.1 Å². The number of halogens is 3. The van der Waals surface area contributed by atoms with E-state index in [1.54, 1.807) is 18.3 Å². The highest BCUT2D eigenvalue weighted by molar-refractivity contribution is 14.1. The second kappa shape index (κ2) is 10.9. The van der Waals surface area contributed by atoms with Crippen LogP contribution in [-0.4, -0.2) is 19.2 Å². The molecule has 204 valence electrons. The van der Waals surface area contributed by atoms with Gasteiger partial charge in [0.25, 0.3) is 0 Å². The highest BCUT2D eigenvalue weighted by atomic mass is 127. The standard InChI is InChI=1S/C35H23ClFIN4/c36-31-20-25(22-41-32(38)21-39-34(31)41)30-23-42(40-33(30)24-16-18-29(37)19-17-24)35(26-10-4-1-5-11-26,27-12-6-2-7-13-27)28-14-8-3-9-15-28/h1-23H. The average molecular weight is 681 g/mol. The van der Waals surface area contributed by atoms with Crippen LogP contribution in [0.4, 0.5) is 4.39 Å². The summed E-state index contributed by atoms with van der Waals surface area (Å²) in [6, 6.07) is 39.6. The molecule has 7 aromatic rings. The Labute approximate surface area is 261 Å². The number of aromatic nitrogens is 4. The summed E-state index contributed by atoms with van der Waals surface area (Å²) in [5.74, 6) is -0.302. The fraction of sp³-hybridized carbons (Fsp3) is 0.0286. The molecule has 0 saturated heterocycles. The van der Waals surface area contributed by atoms with Gasteiger partial charge < -0.3 is 0 Å². The zero-order valence-electron chi connectivity index (χ0n) is 22.2. The minimum atomic E-state index is -0.811. The van der Waals surface area contributed by atoms with Crippen molar-refractivity contribution in [3.8, 4) is 22.4 Å². The van der Waals surface area contributed by atoms with E-state index < -0.39 is 5.54 Å². The van der Waals surface area contributed by atoms with E-state index in [9.17, 15) is 4.39 Å². The fourth-order valence-electron chi connectivity index (χ4n) is 5.68. The molecule has 0 saturated carbocycles. The molecule has 0 amide bonds. The molecule has 3 aromatic heterocycles. The summed E-state index contributed by atoms with van der Waals surface area (Å²) in [7, 11) is 0. The maximum atomic E-state index is 14.1. The molecule has 0 aliphatic heterocycles. The van der Waals surface area contributed by atoms with Crippen LogP contribution < -0.4 is 0 Å². The lowest BCUT2D eigenvalue weighted by molar-refractivity contribution is 0.461. The monoisotopic (exact) mass is 680 g/mol. The second-order valence-electron chi connectivity index (χ2n) is 10.0. The molecule has 4 aromatic carbocycles. The van der Waals surface area contributed by atoms with Crippen molar-refractivity contribution in [2.75, 3.05) is 0 Å². The molecular formula is C35H23ClFIN4. The maximum absolute atomic E-state index is 14.1. The van der Waals surface area contributed by atoms with Gasteiger partial charge in [0.15, 0.2) is 5.65 Å². The largest absolute Gasteiger partial charge is 0.293 e. The average Bonchev–Trinajstić information content (AvgIpc) is 3.64. The van der Waals surface area contributed by atoms with Crippen molar-refractivity contribution in [1.82, 2.24) is 19.2 Å². The molecule has 0 spiro atoms. The van der Waals surface area contributed by atoms with Gasteiger partial charge in [-0.25, -0.2) is 9.37 Å². The number of benzene rings is 4. The number of pyridine rings is 1. The van der Waals surface area contributed by atoms with E-state index in [0.29, 0.717) is 16.4 Å². The molecule has 0 aliphatic carbocycles. The zero-order chi connectivity index (χ0) is 28.7.